The van der Waals surface area contributed by atoms with Gasteiger partial charge in [0, 0.05) is 6.07 Å². The lowest BCUT2D eigenvalue weighted by molar-refractivity contribution is -0.275. The third-order valence-electron chi connectivity index (χ3n) is 1.51. The summed E-state index contributed by atoms with van der Waals surface area (Å²) >= 11 is 0. The topological polar surface area (TPSA) is 74.2 Å². The Balaban J connectivity index is 3.24. The van der Waals surface area contributed by atoms with Gasteiger partial charge in [-0.05, 0) is 0 Å². The Morgan fingerprint density at radius 2 is 1.81 bits per heavy atom. The maximum atomic E-state index is 12.4. The first kappa shape index (κ1) is 12.3. The Bertz CT molecular complexity index is 392. The van der Waals surface area contributed by atoms with Crippen LogP contribution in [-0.4, -0.2) is 11.3 Å². The first-order valence-electron chi connectivity index (χ1n) is 3.80. The fourth-order valence-corrected chi connectivity index (χ4v) is 0.998. The molecule has 1 heterocycles. The van der Waals surface area contributed by atoms with Gasteiger partial charge in [-0.25, -0.2) is 13.8 Å². The van der Waals surface area contributed by atoms with Crippen LogP contribution in [0.25, 0.3) is 0 Å². The molecule has 1 rings (SSSR count). The van der Waals surface area contributed by atoms with Crippen molar-refractivity contribution in [2.75, 3.05) is 11.5 Å². The van der Waals surface area contributed by atoms with Crippen molar-refractivity contribution in [2.24, 2.45) is 0 Å². The smallest absolute Gasteiger partial charge is 0.405 e. The van der Waals surface area contributed by atoms with Crippen molar-refractivity contribution in [3.05, 3.63) is 11.6 Å². The quantitative estimate of drug-likeness (QED) is 0.780. The second-order valence-corrected chi connectivity index (χ2v) is 2.69. The average Bonchev–Trinajstić information content (AvgIpc) is 1.96. The number of halogens is 5. The third kappa shape index (κ3) is 2.84. The second kappa shape index (κ2) is 3.99. The number of hydrogen-bond acceptors (Lipinski definition) is 4. The van der Waals surface area contributed by atoms with Crippen molar-refractivity contribution in [3.63, 3.8) is 0 Å². The SMILES string of the molecule is Nc1cc(OC(F)(F)F)c(C(F)F)c(N)n1. The van der Waals surface area contributed by atoms with E-state index in [-0.39, 0.29) is 0 Å². The summed E-state index contributed by atoms with van der Waals surface area (Å²) in [5.41, 5.74) is 8.95. The first-order valence-corrected chi connectivity index (χ1v) is 3.80. The van der Waals surface area contributed by atoms with Crippen molar-refractivity contribution < 1.29 is 26.7 Å². The molecule has 9 heteroatoms. The molecule has 0 aliphatic heterocycles. The van der Waals surface area contributed by atoms with Gasteiger partial charge in [0.1, 0.15) is 22.9 Å². The highest BCUT2D eigenvalue weighted by atomic mass is 19.4. The summed E-state index contributed by atoms with van der Waals surface area (Å²) in [5.74, 6) is -2.39. The number of aromatic nitrogens is 1. The van der Waals surface area contributed by atoms with Gasteiger partial charge in [0.25, 0.3) is 6.43 Å². The fourth-order valence-electron chi connectivity index (χ4n) is 0.998. The predicted molar refractivity (Wildman–Crippen MR) is 44.7 cm³/mol. The molecule has 0 aromatic carbocycles. The molecule has 16 heavy (non-hydrogen) atoms. The van der Waals surface area contributed by atoms with Crippen LogP contribution in [0.3, 0.4) is 0 Å². The Kier molecular flexibility index (Phi) is 3.06. The summed E-state index contributed by atoms with van der Waals surface area (Å²) < 4.78 is 63.8. The number of rotatable bonds is 2. The molecule has 0 aliphatic rings. The number of ether oxygens (including phenoxy) is 1. The molecule has 0 saturated heterocycles. The van der Waals surface area contributed by atoms with Crippen molar-refractivity contribution in [1.82, 2.24) is 4.98 Å². The van der Waals surface area contributed by atoms with E-state index in [1.807, 2.05) is 0 Å². The van der Waals surface area contributed by atoms with Crippen LogP contribution in [0.5, 0.6) is 5.75 Å². The highest BCUT2D eigenvalue weighted by Crippen LogP contribution is 2.36. The van der Waals surface area contributed by atoms with Crippen LogP contribution in [0.4, 0.5) is 33.6 Å². The molecule has 1 aromatic rings. The monoisotopic (exact) mass is 243 g/mol. The molecule has 1 aromatic heterocycles. The van der Waals surface area contributed by atoms with Gasteiger partial charge < -0.3 is 16.2 Å². The molecular formula is C7H6F5N3O. The zero-order chi connectivity index (χ0) is 12.5. The maximum absolute atomic E-state index is 12.4. The van der Waals surface area contributed by atoms with E-state index in [0.29, 0.717) is 6.07 Å². The maximum Gasteiger partial charge on any atom is 0.573 e. The molecule has 0 amide bonds. The Labute approximate surface area is 86.0 Å². The van der Waals surface area contributed by atoms with E-state index in [2.05, 4.69) is 9.72 Å². The normalized spacial score (nSPS) is 11.9. The molecule has 0 radical (unpaired) electrons. The molecule has 4 nitrogen and oxygen atoms in total. The van der Waals surface area contributed by atoms with E-state index in [1.54, 1.807) is 0 Å². The highest BCUT2D eigenvalue weighted by molar-refractivity contribution is 5.55. The number of alkyl halides is 5. The summed E-state index contributed by atoms with van der Waals surface area (Å²) in [5, 5.41) is 0. The fraction of sp³-hybridized carbons (Fsp3) is 0.286. The highest BCUT2D eigenvalue weighted by Gasteiger charge is 2.34. The van der Waals surface area contributed by atoms with Crippen LogP contribution in [0.1, 0.15) is 12.0 Å². The van der Waals surface area contributed by atoms with Gasteiger partial charge in [0.2, 0.25) is 0 Å². The zero-order valence-corrected chi connectivity index (χ0v) is 7.55. The number of hydrogen-bond donors (Lipinski definition) is 2. The lowest BCUT2D eigenvalue weighted by Gasteiger charge is -2.14. The van der Waals surface area contributed by atoms with Gasteiger partial charge in [-0.2, -0.15) is 0 Å². The molecule has 90 valence electrons. The van der Waals surface area contributed by atoms with Crippen molar-refractivity contribution in [1.29, 1.82) is 0 Å². The van der Waals surface area contributed by atoms with Crippen LogP contribution < -0.4 is 16.2 Å². The van der Waals surface area contributed by atoms with Crippen LogP contribution in [0.15, 0.2) is 6.07 Å². The van der Waals surface area contributed by atoms with Crippen molar-refractivity contribution in [3.8, 4) is 5.75 Å². The minimum atomic E-state index is -5.11. The molecule has 0 bridgehead atoms. The van der Waals surface area contributed by atoms with Crippen molar-refractivity contribution >= 4 is 11.6 Å². The van der Waals surface area contributed by atoms with Crippen LogP contribution >= 0.6 is 0 Å². The minimum Gasteiger partial charge on any atom is -0.405 e. The van der Waals surface area contributed by atoms with Gasteiger partial charge in [-0.15, -0.1) is 13.2 Å². The standard InChI is InChI=1S/C7H6F5N3O/c8-5(9)4-2(16-7(10,11)12)1-3(13)15-6(4)14/h1,5H,(H4,13,14,15). The van der Waals surface area contributed by atoms with E-state index in [4.69, 9.17) is 11.5 Å². The summed E-state index contributed by atoms with van der Waals surface area (Å²) in [6.45, 7) is 0. The van der Waals surface area contributed by atoms with E-state index in [1.165, 1.54) is 0 Å². The number of nitrogen functional groups attached to an aromatic ring is 2. The van der Waals surface area contributed by atoms with Crippen LogP contribution in [-0.2, 0) is 0 Å². The summed E-state index contributed by atoms with van der Waals surface area (Å²) in [6.07, 6.45) is -8.35. The van der Waals surface area contributed by atoms with E-state index >= 15 is 0 Å². The number of pyridine rings is 1. The molecule has 0 fully saturated rings. The number of nitrogens with two attached hydrogens (primary N) is 2. The molecule has 4 N–H and O–H groups in total. The predicted octanol–water partition coefficient (Wildman–Crippen LogP) is 2.08. The van der Waals surface area contributed by atoms with Gasteiger partial charge >= 0.3 is 6.36 Å². The Morgan fingerprint density at radius 1 is 1.25 bits per heavy atom. The average molecular weight is 243 g/mol. The largest absolute Gasteiger partial charge is 0.573 e. The molecule has 0 spiro atoms. The van der Waals surface area contributed by atoms with E-state index in [0.717, 1.165) is 0 Å². The lowest BCUT2D eigenvalue weighted by atomic mass is 10.2. The molecule has 0 saturated carbocycles. The van der Waals surface area contributed by atoms with Crippen molar-refractivity contribution in [2.45, 2.75) is 12.8 Å². The van der Waals surface area contributed by atoms with Gasteiger partial charge in [-0.1, -0.05) is 0 Å². The Hall–Kier alpha value is -1.80. The summed E-state index contributed by atoms with van der Waals surface area (Å²) in [6, 6.07) is 0.533. The summed E-state index contributed by atoms with van der Waals surface area (Å²) in [4.78, 5) is 3.21. The summed E-state index contributed by atoms with van der Waals surface area (Å²) in [7, 11) is 0. The second-order valence-electron chi connectivity index (χ2n) is 2.69. The zero-order valence-electron chi connectivity index (χ0n) is 7.55. The van der Waals surface area contributed by atoms with Crippen LogP contribution in [0.2, 0.25) is 0 Å². The van der Waals surface area contributed by atoms with Crippen LogP contribution in [0, 0.1) is 0 Å². The number of anilines is 2. The molecule has 0 aliphatic carbocycles. The number of nitrogens with zero attached hydrogens (tertiary/aromatic N) is 1. The molecular weight excluding hydrogens is 237 g/mol. The first-order chi connectivity index (χ1) is 7.20. The Morgan fingerprint density at radius 3 is 2.25 bits per heavy atom. The molecule has 0 unspecified atom stereocenters. The van der Waals surface area contributed by atoms with Gasteiger partial charge in [-0.3, -0.25) is 0 Å². The third-order valence-corrected chi connectivity index (χ3v) is 1.51. The lowest BCUT2D eigenvalue weighted by Crippen LogP contribution is -2.19. The van der Waals surface area contributed by atoms with E-state index in [9.17, 15) is 22.0 Å². The minimum absolute atomic E-state index is 0.443. The van der Waals surface area contributed by atoms with Gasteiger partial charge in [0.05, 0.1) is 0 Å². The van der Waals surface area contributed by atoms with Gasteiger partial charge in [0.15, 0.2) is 0 Å². The van der Waals surface area contributed by atoms with E-state index < -0.39 is 35.7 Å². The molecule has 0 atom stereocenters.